The molecule has 1 fully saturated rings. The molecule has 1 atom stereocenters. The van der Waals surface area contributed by atoms with Gasteiger partial charge in [-0.05, 0) is 37.8 Å². The molecule has 0 unspecified atom stereocenters. The maximum absolute atomic E-state index is 11.4. The van der Waals surface area contributed by atoms with Gasteiger partial charge in [0.2, 0.25) is 5.91 Å². The Bertz CT molecular complexity index is 301. The number of carbonyl (C=O) groups excluding carboxylic acids is 1. The van der Waals surface area contributed by atoms with Gasteiger partial charge in [0, 0.05) is 12.0 Å². The molecule has 1 aromatic rings. The van der Waals surface area contributed by atoms with Crippen LogP contribution in [0.25, 0.3) is 0 Å². The Hall–Kier alpha value is -1.25. The van der Waals surface area contributed by atoms with E-state index in [1.165, 1.54) is 0 Å². The molecule has 0 aliphatic heterocycles. The van der Waals surface area contributed by atoms with Gasteiger partial charge in [-0.2, -0.15) is 0 Å². The zero-order chi connectivity index (χ0) is 9.97. The van der Waals surface area contributed by atoms with Crippen LogP contribution in [0.1, 0.15) is 25.3 Å². The van der Waals surface area contributed by atoms with E-state index in [9.17, 15) is 4.79 Å². The lowest BCUT2D eigenvalue weighted by molar-refractivity contribution is -0.122. The summed E-state index contributed by atoms with van der Waals surface area (Å²) in [7, 11) is 0. The van der Waals surface area contributed by atoms with Crippen molar-refractivity contribution >= 4 is 5.91 Å². The maximum atomic E-state index is 11.4. The predicted octanol–water partition coefficient (Wildman–Crippen LogP) is 1.74. The molecule has 1 aromatic heterocycles. The fourth-order valence-corrected chi connectivity index (χ4v) is 1.52. The Labute approximate surface area is 83.5 Å². The van der Waals surface area contributed by atoms with E-state index in [1.807, 2.05) is 13.0 Å². The first-order chi connectivity index (χ1) is 6.75. The van der Waals surface area contributed by atoms with Crippen LogP contribution in [-0.2, 0) is 11.2 Å². The van der Waals surface area contributed by atoms with Gasteiger partial charge < -0.3 is 9.73 Å². The van der Waals surface area contributed by atoms with E-state index < -0.39 is 0 Å². The van der Waals surface area contributed by atoms with Crippen LogP contribution in [0.15, 0.2) is 23.0 Å². The van der Waals surface area contributed by atoms with Gasteiger partial charge in [-0.1, -0.05) is 0 Å². The average Bonchev–Trinajstić information content (AvgIpc) is 2.87. The number of rotatable bonds is 4. The first-order valence-corrected chi connectivity index (χ1v) is 5.07. The van der Waals surface area contributed by atoms with Gasteiger partial charge in [-0.15, -0.1) is 0 Å². The first kappa shape index (κ1) is 9.31. The summed E-state index contributed by atoms with van der Waals surface area (Å²) in [4.78, 5) is 11.4. The molecule has 0 saturated heterocycles. The number of carbonyl (C=O) groups is 1. The lowest BCUT2D eigenvalue weighted by Gasteiger charge is -2.12. The quantitative estimate of drug-likeness (QED) is 0.791. The Morgan fingerprint density at radius 1 is 1.71 bits per heavy atom. The van der Waals surface area contributed by atoms with Crippen molar-refractivity contribution in [3.63, 3.8) is 0 Å². The Morgan fingerprint density at radius 3 is 3.07 bits per heavy atom. The molecule has 0 aromatic carbocycles. The molecule has 0 radical (unpaired) electrons. The molecule has 2 rings (SSSR count). The minimum atomic E-state index is 0.195. The largest absolute Gasteiger partial charge is 0.472 e. The van der Waals surface area contributed by atoms with Gasteiger partial charge in [0.15, 0.2) is 0 Å². The topological polar surface area (TPSA) is 42.2 Å². The van der Waals surface area contributed by atoms with Crippen LogP contribution >= 0.6 is 0 Å². The average molecular weight is 193 g/mol. The van der Waals surface area contributed by atoms with E-state index in [0.717, 1.165) is 24.8 Å². The van der Waals surface area contributed by atoms with Crippen molar-refractivity contribution in [3.05, 3.63) is 24.2 Å². The molecule has 1 heterocycles. The van der Waals surface area contributed by atoms with Crippen molar-refractivity contribution < 1.29 is 9.21 Å². The third-order valence-electron chi connectivity index (χ3n) is 2.46. The molecule has 0 bridgehead atoms. The van der Waals surface area contributed by atoms with Crippen molar-refractivity contribution in [2.45, 2.75) is 32.2 Å². The van der Waals surface area contributed by atoms with Crippen LogP contribution in [0, 0.1) is 5.92 Å². The van der Waals surface area contributed by atoms with E-state index >= 15 is 0 Å². The van der Waals surface area contributed by atoms with E-state index in [2.05, 4.69) is 5.32 Å². The summed E-state index contributed by atoms with van der Waals surface area (Å²) in [6, 6.07) is 2.13. The molecule has 3 heteroatoms. The molecule has 1 saturated carbocycles. The van der Waals surface area contributed by atoms with Crippen LogP contribution in [0.3, 0.4) is 0 Å². The summed E-state index contributed by atoms with van der Waals surface area (Å²) in [5, 5.41) is 3.00. The third kappa shape index (κ3) is 2.37. The standard InChI is InChI=1S/C11H15NO2/c1-8(6-9-4-5-14-7-9)12-11(13)10-2-3-10/h4-5,7-8,10H,2-3,6H2,1H3,(H,12,13)/t8-/m0/s1. The van der Waals surface area contributed by atoms with Crippen LogP contribution in [0.2, 0.25) is 0 Å². The van der Waals surface area contributed by atoms with Gasteiger partial charge in [-0.25, -0.2) is 0 Å². The number of amides is 1. The van der Waals surface area contributed by atoms with Gasteiger partial charge in [0.05, 0.1) is 12.5 Å². The lowest BCUT2D eigenvalue weighted by Crippen LogP contribution is -2.34. The maximum Gasteiger partial charge on any atom is 0.223 e. The summed E-state index contributed by atoms with van der Waals surface area (Å²) in [6.07, 6.45) is 6.34. The monoisotopic (exact) mass is 193 g/mol. The highest BCUT2D eigenvalue weighted by atomic mass is 16.3. The minimum absolute atomic E-state index is 0.195. The summed E-state index contributed by atoms with van der Waals surface area (Å²) < 4.78 is 4.97. The van der Waals surface area contributed by atoms with Crippen molar-refractivity contribution in [2.24, 2.45) is 5.92 Å². The normalized spacial score (nSPS) is 17.8. The molecule has 1 aliphatic carbocycles. The SMILES string of the molecule is C[C@@H](Cc1ccoc1)NC(=O)C1CC1. The van der Waals surface area contributed by atoms with E-state index in [-0.39, 0.29) is 11.9 Å². The molecule has 3 nitrogen and oxygen atoms in total. The second-order valence-electron chi connectivity index (χ2n) is 4.02. The highest BCUT2D eigenvalue weighted by molar-refractivity contribution is 5.81. The minimum Gasteiger partial charge on any atom is -0.472 e. The molecule has 0 spiro atoms. The van der Waals surface area contributed by atoms with E-state index in [4.69, 9.17) is 4.42 Å². The van der Waals surface area contributed by atoms with Crippen LogP contribution in [0.5, 0.6) is 0 Å². The number of hydrogen-bond acceptors (Lipinski definition) is 2. The zero-order valence-corrected chi connectivity index (χ0v) is 8.32. The summed E-state index contributed by atoms with van der Waals surface area (Å²) in [6.45, 7) is 2.02. The second kappa shape index (κ2) is 3.86. The number of nitrogens with one attached hydrogen (secondary N) is 1. The van der Waals surface area contributed by atoms with Gasteiger partial charge >= 0.3 is 0 Å². The van der Waals surface area contributed by atoms with Crippen molar-refractivity contribution in [3.8, 4) is 0 Å². The highest BCUT2D eigenvalue weighted by Gasteiger charge is 2.30. The zero-order valence-electron chi connectivity index (χ0n) is 8.32. The van der Waals surface area contributed by atoms with Gasteiger partial charge in [-0.3, -0.25) is 4.79 Å². The molecule has 1 amide bonds. The molecular formula is C11H15NO2. The van der Waals surface area contributed by atoms with Crippen molar-refractivity contribution in [1.82, 2.24) is 5.32 Å². The van der Waals surface area contributed by atoms with Crippen LogP contribution in [0.4, 0.5) is 0 Å². The summed E-state index contributed by atoms with van der Waals surface area (Å²) >= 11 is 0. The van der Waals surface area contributed by atoms with Crippen LogP contribution in [-0.4, -0.2) is 11.9 Å². The summed E-state index contributed by atoms with van der Waals surface area (Å²) in [5.74, 6) is 0.503. The lowest BCUT2D eigenvalue weighted by atomic mass is 10.1. The number of furan rings is 1. The summed E-state index contributed by atoms with van der Waals surface area (Å²) in [5.41, 5.74) is 1.13. The first-order valence-electron chi connectivity index (χ1n) is 5.07. The number of hydrogen-bond donors (Lipinski definition) is 1. The third-order valence-corrected chi connectivity index (χ3v) is 2.46. The predicted molar refractivity (Wildman–Crippen MR) is 52.7 cm³/mol. The second-order valence-corrected chi connectivity index (χ2v) is 4.02. The van der Waals surface area contributed by atoms with E-state index in [1.54, 1.807) is 12.5 Å². The van der Waals surface area contributed by atoms with Crippen molar-refractivity contribution in [2.75, 3.05) is 0 Å². The van der Waals surface area contributed by atoms with Gasteiger partial charge in [0.1, 0.15) is 0 Å². The van der Waals surface area contributed by atoms with E-state index in [0.29, 0.717) is 5.92 Å². The molecule has 76 valence electrons. The Balaban J connectivity index is 1.78. The fraction of sp³-hybridized carbons (Fsp3) is 0.545. The van der Waals surface area contributed by atoms with Gasteiger partial charge in [0.25, 0.3) is 0 Å². The molecule has 14 heavy (non-hydrogen) atoms. The Kier molecular flexibility index (Phi) is 2.57. The molecular weight excluding hydrogens is 178 g/mol. The highest BCUT2D eigenvalue weighted by Crippen LogP contribution is 2.28. The Morgan fingerprint density at radius 2 is 2.50 bits per heavy atom. The smallest absolute Gasteiger partial charge is 0.223 e. The van der Waals surface area contributed by atoms with Crippen molar-refractivity contribution in [1.29, 1.82) is 0 Å². The molecule has 1 aliphatic rings. The molecule has 1 N–H and O–H groups in total. The van der Waals surface area contributed by atoms with Crippen LogP contribution < -0.4 is 5.32 Å². The fourth-order valence-electron chi connectivity index (χ4n) is 1.52.